The van der Waals surface area contributed by atoms with E-state index in [9.17, 15) is 9.90 Å². The maximum absolute atomic E-state index is 11.8. The molecular weight excluding hydrogens is 268 g/mol. The van der Waals surface area contributed by atoms with E-state index in [1.165, 1.54) is 6.42 Å². The minimum atomic E-state index is -0.530. The van der Waals surface area contributed by atoms with Crippen LogP contribution in [0, 0.1) is 0 Å². The van der Waals surface area contributed by atoms with Gasteiger partial charge in [-0.3, -0.25) is 5.32 Å². The minimum absolute atomic E-state index is 0.262. The topological polar surface area (TPSA) is 70.6 Å². The summed E-state index contributed by atoms with van der Waals surface area (Å²) in [6.45, 7) is 6.49. The van der Waals surface area contributed by atoms with Gasteiger partial charge in [-0.25, -0.2) is 4.79 Å². The van der Waals surface area contributed by atoms with Crippen molar-refractivity contribution in [1.29, 1.82) is 0 Å². The summed E-state index contributed by atoms with van der Waals surface area (Å²) in [5, 5.41) is 16.0. The van der Waals surface area contributed by atoms with E-state index in [0.717, 1.165) is 24.9 Å². The van der Waals surface area contributed by atoms with E-state index >= 15 is 0 Å². The average Bonchev–Trinajstić information content (AvgIpc) is 2.84. The summed E-state index contributed by atoms with van der Waals surface area (Å²) in [6.07, 6.45) is 2.55. The van der Waals surface area contributed by atoms with Gasteiger partial charge in [0, 0.05) is 11.7 Å². The van der Waals surface area contributed by atoms with Crippen LogP contribution < -0.4 is 10.6 Å². The number of aromatic hydroxyl groups is 1. The molecule has 0 bridgehead atoms. The number of rotatable bonds is 3. The number of phenolic OH excluding ortho intramolecular Hbond substituents is 1. The molecule has 0 aliphatic carbocycles. The number of anilines is 1. The van der Waals surface area contributed by atoms with Gasteiger partial charge in [0.1, 0.15) is 11.4 Å². The molecule has 3 N–H and O–H groups in total. The van der Waals surface area contributed by atoms with E-state index in [-0.39, 0.29) is 5.75 Å². The van der Waals surface area contributed by atoms with Crippen molar-refractivity contribution in [2.75, 3.05) is 11.9 Å². The van der Waals surface area contributed by atoms with Gasteiger partial charge >= 0.3 is 6.09 Å². The normalized spacial score (nSPS) is 18.5. The molecular formula is C16H24N2O3. The van der Waals surface area contributed by atoms with E-state index in [2.05, 4.69) is 10.6 Å². The van der Waals surface area contributed by atoms with Gasteiger partial charge in [-0.15, -0.1) is 0 Å². The zero-order valence-electron chi connectivity index (χ0n) is 12.9. The number of amides is 1. The van der Waals surface area contributed by atoms with Gasteiger partial charge in [0.15, 0.2) is 0 Å². The van der Waals surface area contributed by atoms with Crippen LogP contribution in [-0.2, 0) is 11.2 Å². The summed E-state index contributed by atoms with van der Waals surface area (Å²) >= 11 is 0. The molecule has 5 nitrogen and oxygen atoms in total. The van der Waals surface area contributed by atoms with Crippen molar-refractivity contribution in [3.05, 3.63) is 23.8 Å². The standard InChI is InChI=1S/C16H24N2O3/c1-16(2,3)21-15(20)18-13-6-7-14(19)11(10-13)9-12-5-4-8-17-12/h6-7,10,12,17,19H,4-5,8-9H2,1-3H3,(H,18,20). The van der Waals surface area contributed by atoms with Crippen LogP contribution in [0.15, 0.2) is 18.2 Å². The molecule has 1 heterocycles. The van der Waals surface area contributed by atoms with Crippen molar-refractivity contribution in [3.63, 3.8) is 0 Å². The summed E-state index contributed by atoms with van der Waals surface area (Å²) in [7, 11) is 0. The van der Waals surface area contributed by atoms with Gasteiger partial charge in [0.2, 0.25) is 0 Å². The van der Waals surface area contributed by atoms with Gasteiger partial charge in [-0.2, -0.15) is 0 Å². The monoisotopic (exact) mass is 292 g/mol. The van der Waals surface area contributed by atoms with Gasteiger partial charge in [-0.05, 0) is 70.3 Å². The number of benzene rings is 1. The van der Waals surface area contributed by atoms with Crippen LogP contribution in [-0.4, -0.2) is 29.4 Å². The first-order valence-electron chi connectivity index (χ1n) is 7.39. The first-order chi connectivity index (χ1) is 9.83. The minimum Gasteiger partial charge on any atom is -0.508 e. The molecule has 0 saturated carbocycles. The molecule has 1 atom stereocenters. The fraction of sp³-hybridized carbons (Fsp3) is 0.562. The molecule has 0 spiro atoms. The average molecular weight is 292 g/mol. The van der Waals surface area contributed by atoms with Crippen LogP contribution in [0.4, 0.5) is 10.5 Å². The van der Waals surface area contributed by atoms with Crippen LogP contribution in [0.5, 0.6) is 5.75 Å². The number of carbonyl (C=O) groups is 1. The second-order valence-electron chi connectivity index (χ2n) is 6.47. The Labute approximate surface area is 125 Å². The molecule has 1 aromatic rings. The molecule has 1 aliphatic rings. The quantitative estimate of drug-likeness (QED) is 0.749. The summed E-state index contributed by atoms with van der Waals surface area (Å²) in [6, 6.07) is 5.48. The summed E-state index contributed by atoms with van der Waals surface area (Å²) < 4.78 is 5.22. The first-order valence-corrected chi connectivity index (χ1v) is 7.39. The fourth-order valence-corrected chi connectivity index (χ4v) is 2.44. The Balaban J connectivity index is 2.02. The van der Waals surface area contributed by atoms with Crippen molar-refractivity contribution < 1.29 is 14.6 Å². The molecule has 1 unspecified atom stereocenters. The number of nitrogens with one attached hydrogen (secondary N) is 2. The third kappa shape index (κ3) is 4.93. The van der Waals surface area contributed by atoms with E-state index in [1.54, 1.807) is 18.2 Å². The van der Waals surface area contributed by atoms with Crippen LogP contribution >= 0.6 is 0 Å². The Morgan fingerprint density at radius 3 is 2.86 bits per heavy atom. The van der Waals surface area contributed by atoms with Crippen molar-refractivity contribution in [2.24, 2.45) is 0 Å². The van der Waals surface area contributed by atoms with Gasteiger partial charge in [0.05, 0.1) is 0 Å². The maximum atomic E-state index is 11.8. The predicted molar refractivity (Wildman–Crippen MR) is 82.7 cm³/mol. The summed E-state index contributed by atoms with van der Waals surface area (Å²) in [5.74, 6) is 0.262. The number of carbonyl (C=O) groups excluding carboxylic acids is 1. The van der Waals surface area contributed by atoms with Crippen LogP contribution in [0.1, 0.15) is 39.2 Å². The summed E-state index contributed by atoms with van der Waals surface area (Å²) in [4.78, 5) is 11.8. The Morgan fingerprint density at radius 2 is 2.24 bits per heavy atom. The SMILES string of the molecule is CC(C)(C)OC(=O)Nc1ccc(O)c(CC2CCCN2)c1. The molecule has 116 valence electrons. The van der Waals surface area contributed by atoms with Crippen molar-refractivity contribution in [2.45, 2.75) is 51.7 Å². The molecule has 1 fully saturated rings. The van der Waals surface area contributed by atoms with Crippen molar-refractivity contribution in [1.82, 2.24) is 5.32 Å². The lowest BCUT2D eigenvalue weighted by atomic mass is 10.0. The maximum Gasteiger partial charge on any atom is 0.412 e. The van der Waals surface area contributed by atoms with E-state index in [1.807, 2.05) is 20.8 Å². The lowest BCUT2D eigenvalue weighted by Gasteiger charge is -2.20. The highest BCUT2D eigenvalue weighted by atomic mass is 16.6. The highest BCUT2D eigenvalue weighted by Crippen LogP contribution is 2.25. The largest absolute Gasteiger partial charge is 0.508 e. The van der Waals surface area contributed by atoms with Crippen molar-refractivity contribution >= 4 is 11.8 Å². The fourth-order valence-electron chi connectivity index (χ4n) is 2.44. The third-order valence-corrected chi connectivity index (χ3v) is 3.35. The molecule has 1 amide bonds. The molecule has 2 rings (SSSR count). The lowest BCUT2D eigenvalue weighted by molar-refractivity contribution is 0.0636. The van der Waals surface area contributed by atoms with Gasteiger partial charge < -0.3 is 15.2 Å². The van der Waals surface area contributed by atoms with Gasteiger partial charge in [-0.1, -0.05) is 0 Å². The second kappa shape index (κ2) is 6.35. The van der Waals surface area contributed by atoms with E-state index in [4.69, 9.17) is 4.74 Å². The van der Waals surface area contributed by atoms with Crippen LogP contribution in [0.2, 0.25) is 0 Å². The Bertz CT molecular complexity index is 503. The second-order valence-corrected chi connectivity index (χ2v) is 6.47. The molecule has 0 radical (unpaired) electrons. The smallest absolute Gasteiger partial charge is 0.412 e. The molecule has 1 saturated heterocycles. The molecule has 0 aromatic heterocycles. The van der Waals surface area contributed by atoms with Gasteiger partial charge in [0.25, 0.3) is 0 Å². The zero-order chi connectivity index (χ0) is 15.5. The Hall–Kier alpha value is -1.75. The highest BCUT2D eigenvalue weighted by Gasteiger charge is 2.18. The lowest BCUT2D eigenvalue weighted by Crippen LogP contribution is -2.27. The van der Waals surface area contributed by atoms with Crippen LogP contribution in [0.3, 0.4) is 0 Å². The Morgan fingerprint density at radius 1 is 1.48 bits per heavy atom. The highest BCUT2D eigenvalue weighted by molar-refractivity contribution is 5.85. The number of hydrogen-bond acceptors (Lipinski definition) is 4. The molecule has 1 aliphatic heterocycles. The predicted octanol–water partition coefficient (Wildman–Crippen LogP) is 3.03. The first kappa shape index (κ1) is 15.6. The van der Waals surface area contributed by atoms with Crippen LogP contribution in [0.25, 0.3) is 0 Å². The number of phenols is 1. The van der Waals surface area contributed by atoms with Crippen molar-refractivity contribution in [3.8, 4) is 5.75 Å². The molecule has 21 heavy (non-hydrogen) atoms. The Kier molecular flexibility index (Phi) is 4.73. The van der Waals surface area contributed by atoms with E-state index < -0.39 is 11.7 Å². The zero-order valence-corrected chi connectivity index (χ0v) is 12.9. The number of hydrogen-bond donors (Lipinski definition) is 3. The molecule has 5 heteroatoms. The number of ether oxygens (including phenoxy) is 1. The summed E-state index contributed by atoms with van der Waals surface area (Å²) in [5.41, 5.74) is 0.940. The van der Waals surface area contributed by atoms with E-state index in [0.29, 0.717) is 11.7 Å². The third-order valence-electron chi connectivity index (χ3n) is 3.35. The molecule has 1 aromatic carbocycles.